The van der Waals surface area contributed by atoms with E-state index >= 15 is 0 Å². The number of amides is 2. The third-order valence-corrected chi connectivity index (χ3v) is 7.02. The van der Waals surface area contributed by atoms with Crippen molar-refractivity contribution in [2.24, 2.45) is 0 Å². The number of carbonyl (C=O) groups excluding carboxylic acids is 4. The topological polar surface area (TPSA) is 120 Å². The van der Waals surface area contributed by atoms with Gasteiger partial charge >= 0.3 is 18.2 Å². The van der Waals surface area contributed by atoms with Crippen molar-refractivity contribution in [3.63, 3.8) is 0 Å². The fourth-order valence-electron chi connectivity index (χ4n) is 5.16. The maximum absolute atomic E-state index is 12.9. The molecule has 2 amide bonds. The van der Waals surface area contributed by atoms with E-state index < -0.39 is 35.4 Å². The molecule has 0 saturated heterocycles. The summed E-state index contributed by atoms with van der Waals surface area (Å²) in [5, 5.41) is 5.18. The predicted molar refractivity (Wildman–Crippen MR) is 171 cm³/mol. The number of hydrogen-bond acceptors (Lipinski definition) is 7. The Bertz CT molecular complexity index is 1490. The summed E-state index contributed by atoms with van der Waals surface area (Å²) in [4.78, 5) is 50.3. The minimum absolute atomic E-state index is 0.0633. The van der Waals surface area contributed by atoms with Gasteiger partial charge in [-0.05, 0) is 74.9 Å². The number of esters is 1. The molecule has 1 aliphatic rings. The fraction of sp³-hybridized carbons (Fsp3) is 0.389. The second-order valence-electron chi connectivity index (χ2n) is 13.1. The van der Waals surface area contributed by atoms with E-state index in [1.165, 1.54) is 0 Å². The molecule has 4 rings (SSSR count). The van der Waals surface area contributed by atoms with Crippen molar-refractivity contribution in [1.82, 2.24) is 10.6 Å². The number of nitrogens with one attached hydrogen (secondary N) is 2. The number of carbonyl (C=O) groups is 4. The molecule has 3 aromatic carbocycles. The highest BCUT2D eigenvalue weighted by molar-refractivity contribution is 5.86. The number of benzene rings is 3. The SMILES string of the molecule is CC(C)(C)OC(=O)N[C@@H](Cc1ccc(CC(=O)CNC(=O)OCC2c3ccccc3-c3ccccc32)cc1)C(=O)OC(C)(C)C. The fourth-order valence-corrected chi connectivity index (χ4v) is 5.16. The van der Waals surface area contributed by atoms with Gasteiger partial charge in [-0.1, -0.05) is 72.8 Å². The quantitative estimate of drug-likeness (QED) is 0.209. The van der Waals surface area contributed by atoms with Crippen LogP contribution < -0.4 is 10.6 Å². The van der Waals surface area contributed by atoms with E-state index in [1.54, 1.807) is 65.8 Å². The molecule has 9 heteroatoms. The van der Waals surface area contributed by atoms with Crippen molar-refractivity contribution in [2.45, 2.75) is 77.5 Å². The molecule has 2 N–H and O–H groups in total. The largest absolute Gasteiger partial charge is 0.458 e. The molecule has 0 heterocycles. The molecule has 0 saturated carbocycles. The Morgan fingerprint density at radius 1 is 0.711 bits per heavy atom. The molecule has 0 fully saturated rings. The Kier molecular flexibility index (Phi) is 10.3. The van der Waals surface area contributed by atoms with Crippen LogP contribution >= 0.6 is 0 Å². The minimum Gasteiger partial charge on any atom is -0.458 e. The monoisotopic (exact) mass is 614 g/mol. The van der Waals surface area contributed by atoms with Gasteiger partial charge in [0, 0.05) is 18.8 Å². The van der Waals surface area contributed by atoms with Crippen molar-refractivity contribution in [1.29, 1.82) is 0 Å². The lowest BCUT2D eigenvalue weighted by Crippen LogP contribution is -2.47. The smallest absolute Gasteiger partial charge is 0.408 e. The summed E-state index contributed by atoms with van der Waals surface area (Å²) in [5.41, 5.74) is 4.56. The molecule has 238 valence electrons. The lowest BCUT2D eigenvalue weighted by Gasteiger charge is -2.26. The van der Waals surface area contributed by atoms with E-state index in [1.807, 2.05) is 36.4 Å². The van der Waals surface area contributed by atoms with E-state index in [-0.39, 0.29) is 37.7 Å². The van der Waals surface area contributed by atoms with Gasteiger partial charge < -0.3 is 24.8 Å². The molecule has 1 atom stereocenters. The van der Waals surface area contributed by atoms with Crippen molar-refractivity contribution in [3.8, 4) is 11.1 Å². The third-order valence-electron chi connectivity index (χ3n) is 7.02. The van der Waals surface area contributed by atoms with Crippen LogP contribution in [0.25, 0.3) is 11.1 Å². The van der Waals surface area contributed by atoms with Gasteiger partial charge in [0.1, 0.15) is 23.9 Å². The Morgan fingerprint density at radius 2 is 1.24 bits per heavy atom. The van der Waals surface area contributed by atoms with E-state index in [2.05, 4.69) is 22.8 Å². The normalized spacial score (nSPS) is 13.2. The number of Topliss-reactive ketones (excluding diaryl/α,β-unsaturated/α-hetero) is 1. The van der Waals surface area contributed by atoms with Gasteiger partial charge in [-0.15, -0.1) is 0 Å². The Hall–Kier alpha value is -4.66. The lowest BCUT2D eigenvalue weighted by atomic mass is 9.98. The van der Waals surface area contributed by atoms with Crippen molar-refractivity contribution in [3.05, 3.63) is 95.1 Å². The van der Waals surface area contributed by atoms with Crippen LogP contribution in [0.5, 0.6) is 0 Å². The molecule has 0 radical (unpaired) electrons. The van der Waals surface area contributed by atoms with E-state index in [9.17, 15) is 19.2 Å². The molecule has 45 heavy (non-hydrogen) atoms. The Morgan fingerprint density at radius 3 is 1.80 bits per heavy atom. The summed E-state index contributed by atoms with van der Waals surface area (Å²) >= 11 is 0. The van der Waals surface area contributed by atoms with Crippen molar-refractivity contribution >= 4 is 23.9 Å². The molecular formula is C36H42N2O7. The molecule has 3 aromatic rings. The average molecular weight is 615 g/mol. The predicted octanol–water partition coefficient (Wildman–Crippen LogP) is 6.11. The molecule has 9 nitrogen and oxygen atoms in total. The molecule has 0 spiro atoms. The molecule has 0 aromatic heterocycles. The summed E-state index contributed by atoms with van der Waals surface area (Å²) in [6, 6.07) is 22.3. The zero-order valence-corrected chi connectivity index (χ0v) is 26.8. The van der Waals surface area contributed by atoms with Crippen molar-refractivity contribution in [2.75, 3.05) is 13.2 Å². The number of alkyl carbamates (subject to hydrolysis) is 2. The second kappa shape index (κ2) is 14.0. The van der Waals surface area contributed by atoms with Crippen LogP contribution in [0.4, 0.5) is 9.59 Å². The van der Waals surface area contributed by atoms with Gasteiger partial charge in [0.15, 0.2) is 5.78 Å². The molecule has 0 aliphatic heterocycles. The van der Waals surface area contributed by atoms with Crippen LogP contribution in [0.3, 0.4) is 0 Å². The van der Waals surface area contributed by atoms with Gasteiger partial charge in [-0.3, -0.25) is 4.79 Å². The van der Waals surface area contributed by atoms with Crippen LogP contribution in [0, 0.1) is 0 Å². The van der Waals surface area contributed by atoms with Crippen LogP contribution in [0.1, 0.15) is 69.7 Å². The van der Waals surface area contributed by atoms with E-state index in [0.717, 1.165) is 33.4 Å². The zero-order chi connectivity index (χ0) is 32.8. The average Bonchev–Trinajstić information content (AvgIpc) is 3.27. The first-order valence-corrected chi connectivity index (χ1v) is 15.1. The number of ether oxygens (including phenoxy) is 3. The maximum atomic E-state index is 12.9. The summed E-state index contributed by atoms with van der Waals surface area (Å²) in [6.07, 6.45) is -1.09. The standard InChI is InChI=1S/C36H42N2O7/c1-35(2,3)44-32(40)31(38-34(42)45-36(4,5)6)20-24-17-15-23(16-18-24)19-25(39)21-37-33(41)43-22-30-28-13-9-7-11-26(28)27-12-8-10-14-29(27)30/h7-18,30-31H,19-22H2,1-6H3,(H,37,41)(H,38,42)/t31-/m0/s1. The van der Waals surface area contributed by atoms with Crippen LogP contribution in [0.15, 0.2) is 72.8 Å². The van der Waals surface area contributed by atoms with Gasteiger partial charge in [0.25, 0.3) is 0 Å². The zero-order valence-electron chi connectivity index (χ0n) is 26.8. The maximum Gasteiger partial charge on any atom is 0.408 e. The number of fused-ring (bicyclic) bond motifs is 3. The number of ketones is 1. The summed E-state index contributed by atoms with van der Waals surface area (Å²) in [5.74, 6) is -0.826. The summed E-state index contributed by atoms with van der Waals surface area (Å²) in [7, 11) is 0. The first-order valence-electron chi connectivity index (χ1n) is 15.1. The Labute approximate surface area is 264 Å². The van der Waals surface area contributed by atoms with Gasteiger partial charge in [-0.25, -0.2) is 14.4 Å². The molecule has 0 unspecified atom stereocenters. The first kappa shape index (κ1) is 33.2. The first-order chi connectivity index (χ1) is 21.2. The van der Waals surface area contributed by atoms with Gasteiger partial charge in [0.05, 0.1) is 6.54 Å². The number of rotatable bonds is 10. The van der Waals surface area contributed by atoms with Crippen LogP contribution in [0.2, 0.25) is 0 Å². The molecular weight excluding hydrogens is 572 g/mol. The van der Waals surface area contributed by atoms with E-state index in [4.69, 9.17) is 14.2 Å². The third kappa shape index (κ3) is 9.66. The lowest BCUT2D eigenvalue weighted by molar-refractivity contribution is -0.157. The highest BCUT2D eigenvalue weighted by Gasteiger charge is 2.30. The summed E-state index contributed by atoms with van der Waals surface area (Å²) in [6.45, 7) is 10.5. The second-order valence-corrected chi connectivity index (χ2v) is 13.1. The minimum atomic E-state index is -0.965. The Balaban J connectivity index is 1.27. The van der Waals surface area contributed by atoms with Crippen LogP contribution in [-0.4, -0.2) is 54.3 Å². The van der Waals surface area contributed by atoms with Gasteiger partial charge in [-0.2, -0.15) is 0 Å². The summed E-state index contributed by atoms with van der Waals surface area (Å²) < 4.78 is 16.3. The number of hydrogen-bond donors (Lipinski definition) is 2. The molecule has 1 aliphatic carbocycles. The van der Waals surface area contributed by atoms with Crippen LogP contribution in [-0.2, 0) is 36.6 Å². The van der Waals surface area contributed by atoms with Gasteiger partial charge in [0.2, 0.25) is 0 Å². The highest BCUT2D eigenvalue weighted by atomic mass is 16.6. The van der Waals surface area contributed by atoms with Crippen molar-refractivity contribution < 1.29 is 33.4 Å². The highest BCUT2D eigenvalue weighted by Crippen LogP contribution is 2.44. The van der Waals surface area contributed by atoms with E-state index in [0.29, 0.717) is 0 Å². The molecule has 0 bridgehead atoms.